The molecule has 1 rings (SSSR count). The molecule has 0 aliphatic rings. The number of benzene rings is 1. The summed E-state index contributed by atoms with van der Waals surface area (Å²) in [5, 5.41) is 10.4. The van der Waals surface area contributed by atoms with E-state index in [2.05, 4.69) is 0 Å². The molecular weight excluding hydrogens is 192 g/mol. The van der Waals surface area contributed by atoms with Crippen molar-refractivity contribution in [2.75, 3.05) is 19.0 Å². The van der Waals surface area contributed by atoms with E-state index in [1.54, 1.807) is 6.08 Å². The lowest BCUT2D eigenvalue weighted by atomic mass is 10.2. The van der Waals surface area contributed by atoms with Gasteiger partial charge in [-0.25, -0.2) is 0 Å². The van der Waals surface area contributed by atoms with Crippen LogP contribution >= 0.6 is 0 Å². The molecule has 0 aromatic heterocycles. The number of anilines is 1. The van der Waals surface area contributed by atoms with Gasteiger partial charge in [0.05, 0.1) is 4.92 Å². The van der Waals surface area contributed by atoms with Crippen LogP contribution in [0.25, 0.3) is 6.08 Å². The average molecular weight is 206 g/mol. The Morgan fingerprint density at radius 3 is 2.27 bits per heavy atom. The van der Waals surface area contributed by atoms with E-state index < -0.39 is 0 Å². The van der Waals surface area contributed by atoms with E-state index >= 15 is 0 Å². The zero-order chi connectivity index (χ0) is 11.4. The Kier molecular flexibility index (Phi) is 3.44. The smallest absolute Gasteiger partial charge is 0.243 e. The third-order valence-corrected chi connectivity index (χ3v) is 2.07. The molecule has 1 aromatic carbocycles. The van der Waals surface area contributed by atoms with Gasteiger partial charge in [-0.15, -0.1) is 0 Å². The van der Waals surface area contributed by atoms with Gasteiger partial charge in [0.1, 0.15) is 0 Å². The van der Waals surface area contributed by atoms with Crippen LogP contribution in [-0.2, 0) is 0 Å². The zero-order valence-electron chi connectivity index (χ0n) is 9.10. The Hall–Kier alpha value is -1.84. The molecule has 0 fully saturated rings. The fraction of sp³-hybridized carbons (Fsp3) is 0.273. The molecule has 15 heavy (non-hydrogen) atoms. The lowest BCUT2D eigenvalue weighted by molar-refractivity contribution is -0.422. The van der Waals surface area contributed by atoms with E-state index in [1.165, 1.54) is 6.92 Å². The molecule has 0 radical (unpaired) electrons. The van der Waals surface area contributed by atoms with Crippen molar-refractivity contribution in [3.63, 3.8) is 0 Å². The van der Waals surface area contributed by atoms with Gasteiger partial charge in [0, 0.05) is 32.8 Å². The number of hydrogen-bond acceptors (Lipinski definition) is 3. The minimum Gasteiger partial charge on any atom is -0.378 e. The van der Waals surface area contributed by atoms with Crippen molar-refractivity contribution in [1.82, 2.24) is 0 Å². The maximum absolute atomic E-state index is 10.4. The second-order valence-corrected chi connectivity index (χ2v) is 3.53. The van der Waals surface area contributed by atoms with Crippen LogP contribution < -0.4 is 4.90 Å². The molecule has 0 saturated carbocycles. The van der Waals surface area contributed by atoms with Gasteiger partial charge in [-0.3, -0.25) is 10.1 Å². The Morgan fingerprint density at radius 2 is 1.87 bits per heavy atom. The first-order valence-electron chi connectivity index (χ1n) is 4.61. The second kappa shape index (κ2) is 4.59. The first kappa shape index (κ1) is 11.2. The number of nitrogens with zero attached hydrogens (tertiary/aromatic N) is 2. The third kappa shape index (κ3) is 3.09. The summed E-state index contributed by atoms with van der Waals surface area (Å²) < 4.78 is 0. The van der Waals surface area contributed by atoms with Crippen molar-refractivity contribution in [3.05, 3.63) is 45.6 Å². The predicted octanol–water partition coefficient (Wildman–Crippen LogP) is 2.39. The van der Waals surface area contributed by atoms with Gasteiger partial charge in [-0.05, 0) is 17.7 Å². The summed E-state index contributed by atoms with van der Waals surface area (Å²) in [6.45, 7) is 1.49. The predicted molar refractivity (Wildman–Crippen MR) is 61.4 cm³/mol. The highest BCUT2D eigenvalue weighted by atomic mass is 16.6. The summed E-state index contributed by atoms with van der Waals surface area (Å²) in [4.78, 5) is 12.0. The zero-order valence-corrected chi connectivity index (χ0v) is 9.10. The molecule has 0 aliphatic carbocycles. The largest absolute Gasteiger partial charge is 0.378 e. The molecule has 4 nitrogen and oxygen atoms in total. The van der Waals surface area contributed by atoms with Crippen molar-refractivity contribution in [3.8, 4) is 0 Å². The molecule has 0 spiro atoms. The fourth-order valence-corrected chi connectivity index (χ4v) is 1.16. The van der Waals surface area contributed by atoms with Gasteiger partial charge in [0.2, 0.25) is 5.70 Å². The van der Waals surface area contributed by atoms with Crippen molar-refractivity contribution in [2.45, 2.75) is 6.92 Å². The van der Waals surface area contributed by atoms with Crippen molar-refractivity contribution in [2.24, 2.45) is 0 Å². The molecule has 0 aliphatic heterocycles. The van der Waals surface area contributed by atoms with Crippen LogP contribution in [0.15, 0.2) is 30.0 Å². The van der Waals surface area contributed by atoms with Crippen LogP contribution in [-0.4, -0.2) is 19.0 Å². The summed E-state index contributed by atoms with van der Waals surface area (Å²) in [5.41, 5.74) is 2.06. The molecule has 0 amide bonds. The number of rotatable bonds is 3. The summed E-state index contributed by atoms with van der Waals surface area (Å²) in [6.07, 6.45) is 1.56. The van der Waals surface area contributed by atoms with Gasteiger partial charge in [0.25, 0.3) is 0 Å². The van der Waals surface area contributed by atoms with Crippen LogP contribution in [0.3, 0.4) is 0 Å². The third-order valence-electron chi connectivity index (χ3n) is 2.07. The maximum atomic E-state index is 10.4. The molecule has 0 N–H and O–H groups in total. The topological polar surface area (TPSA) is 46.4 Å². The van der Waals surface area contributed by atoms with Crippen LogP contribution in [0.5, 0.6) is 0 Å². The minimum absolute atomic E-state index is 0.146. The molecule has 4 heteroatoms. The van der Waals surface area contributed by atoms with Crippen LogP contribution in [0.4, 0.5) is 5.69 Å². The highest BCUT2D eigenvalue weighted by molar-refractivity contribution is 5.56. The summed E-state index contributed by atoms with van der Waals surface area (Å²) in [6, 6.07) is 7.59. The average Bonchev–Trinajstić information content (AvgIpc) is 2.18. The normalized spacial score (nSPS) is 11.3. The Balaban J connectivity index is 2.90. The Labute approximate surface area is 89.0 Å². The first-order chi connectivity index (χ1) is 7.00. The second-order valence-electron chi connectivity index (χ2n) is 3.53. The highest BCUT2D eigenvalue weighted by Gasteiger charge is 2.01. The molecular formula is C11H14N2O2. The van der Waals surface area contributed by atoms with E-state index in [0.29, 0.717) is 0 Å². The summed E-state index contributed by atoms with van der Waals surface area (Å²) >= 11 is 0. The quantitative estimate of drug-likeness (QED) is 0.563. The van der Waals surface area contributed by atoms with E-state index in [4.69, 9.17) is 0 Å². The van der Waals surface area contributed by atoms with E-state index in [-0.39, 0.29) is 10.6 Å². The fourth-order valence-electron chi connectivity index (χ4n) is 1.16. The van der Waals surface area contributed by atoms with Gasteiger partial charge < -0.3 is 4.90 Å². The van der Waals surface area contributed by atoms with Crippen LogP contribution in [0, 0.1) is 10.1 Å². The SMILES string of the molecule is CC(=Cc1ccc(N(C)C)cc1)[N+](=O)[O-]. The van der Waals surface area contributed by atoms with E-state index in [0.717, 1.165) is 11.3 Å². The molecule has 0 saturated heterocycles. The molecule has 0 heterocycles. The van der Waals surface area contributed by atoms with Crippen LogP contribution in [0.2, 0.25) is 0 Å². The summed E-state index contributed by atoms with van der Waals surface area (Å²) in [5.74, 6) is 0. The van der Waals surface area contributed by atoms with Gasteiger partial charge in [-0.1, -0.05) is 12.1 Å². The molecule has 80 valence electrons. The highest BCUT2D eigenvalue weighted by Crippen LogP contribution is 2.14. The standard InChI is InChI=1S/C11H14N2O2/c1-9(13(14)15)8-10-4-6-11(7-5-10)12(2)3/h4-8H,1-3H3. The Morgan fingerprint density at radius 1 is 1.33 bits per heavy atom. The molecule has 0 atom stereocenters. The number of allylic oxidation sites excluding steroid dienone is 1. The van der Waals surface area contributed by atoms with Gasteiger partial charge in [0.15, 0.2) is 0 Å². The summed E-state index contributed by atoms with van der Waals surface area (Å²) in [7, 11) is 3.90. The number of nitro groups is 1. The number of hydrogen-bond donors (Lipinski definition) is 0. The van der Waals surface area contributed by atoms with Gasteiger partial charge >= 0.3 is 0 Å². The van der Waals surface area contributed by atoms with Crippen LogP contribution in [0.1, 0.15) is 12.5 Å². The first-order valence-corrected chi connectivity index (χ1v) is 4.61. The lowest BCUT2D eigenvalue weighted by Gasteiger charge is -2.11. The van der Waals surface area contributed by atoms with E-state index in [1.807, 2.05) is 43.3 Å². The van der Waals surface area contributed by atoms with Gasteiger partial charge in [-0.2, -0.15) is 0 Å². The van der Waals surface area contributed by atoms with Crippen molar-refractivity contribution < 1.29 is 4.92 Å². The van der Waals surface area contributed by atoms with Crippen molar-refractivity contribution in [1.29, 1.82) is 0 Å². The Bertz CT molecular complexity index is 380. The van der Waals surface area contributed by atoms with E-state index in [9.17, 15) is 10.1 Å². The maximum Gasteiger partial charge on any atom is 0.243 e. The molecule has 0 unspecified atom stereocenters. The molecule has 0 bridgehead atoms. The van der Waals surface area contributed by atoms with Crippen molar-refractivity contribution >= 4 is 11.8 Å². The molecule has 1 aromatic rings. The monoisotopic (exact) mass is 206 g/mol. The minimum atomic E-state index is -0.389. The lowest BCUT2D eigenvalue weighted by Crippen LogP contribution is -2.07.